The number of rotatable bonds is 6. The van der Waals surface area contributed by atoms with E-state index >= 15 is 0 Å². The van der Waals surface area contributed by atoms with Crippen LogP contribution in [0.4, 0.5) is 0 Å². The molecule has 0 aliphatic heterocycles. The number of hydrogen-bond donors (Lipinski definition) is 2. The average Bonchev–Trinajstić information content (AvgIpc) is 2.62. The lowest BCUT2D eigenvalue weighted by molar-refractivity contribution is 0.152. The van der Waals surface area contributed by atoms with Crippen LogP contribution < -0.4 is 10.1 Å². The fraction of sp³-hybridized carbons (Fsp3) is 0.444. The average molecular weight is 313 g/mol. The van der Waals surface area contributed by atoms with Gasteiger partial charge in [0.25, 0.3) is 0 Å². The Labute approximate surface area is 136 Å². The van der Waals surface area contributed by atoms with Crippen LogP contribution in [0.3, 0.4) is 0 Å². The van der Waals surface area contributed by atoms with Crippen LogP contribution in [-0.4, -0.2) is 27.7 Å². The summed E-state index contributed by atoms with van der Waals surface area (Å²) in [4.78, 5) is 8.07. The normalized spacial score (nSPS) is 21.1. The van der Waals surface area contributed by atoms with Crippen LogP contribution in [0.2, 0.25) is 0 Å². The number of benzene rings is 1. The Morgan fingerprint density at radius 3 is 2.70 bits per heavy atom. The van der Waals surface area contributed by atoms with Crippen molar-refractivity contribution in [2.24, 2.45) is 5.92 Å². The molecule has 2 unspecified atom stereocenters. The molecule has 5 nitrogen and oxygen atoms in total. The molecule has 1 aliphatic rings. The second kappa shape index (κ2) is 8.04. The molecule has 1 fully saturated rings. The van der Waals surface area contributed by atoms with Crippen molar-refractivity contribution in [3.05, 3.63) is 48.4 Å². The standard InChI is InChI=1S/C18H23N3O2/c22-13-15-3-1-2-4-17(15)21-11-14-5-7-16(8-6-14)23-18-12-19-9-10-20-18/h5-10,12,15,17,21-22H,1-4,11,13H2. The SMILES string of the molecule is OCC1CCCCC1NCc1ccc(Oc2cnccn2)cc1. The lowest BCUT2D eigenvalue weighted by atomic mass is 9.85. The van der Waals surface area contributed by atoms with Crippen molar-refractivity contribution in [3.63, 3.8) is 0 Å². The van der Waals surface area contributed by atoms with Crippen LogP contribution in [0.5, 0.6) is 11.6 Å². The third kappa shape index (κ3) is 4.50. The summed E-state index contributed by atoms with van der Waals surface area (Å²) in [6.45, 7) is 1.09. The van der Waals surface area contributed by atoms with Gasteiger partial charge in [0.05, 0.1) is 6.20 Å². The molecule has 1 aliphatic carbocycles. The van der Waals surface area contributed by atoms with Crippen molar-refractivity contribution in [1.82, 2.24) is 15.3 Å². The number of aliphatic hydroxyl groups is 1. The van der Waals surface area contributed by atoms with Gasteiger partial charge in [0.15, 0.2) is 0 Å². The van der Waals surface area contributed by atoms with E-state index in [1.54, 1.807) is 18.6 Å². The van der Waals surface area contributed by atoms with Gasteiger partial charge in [-0.3, -0.25) is 4.98 Å². The van der Waals surface area contributed by atoms with Gasteiger partial charge in [0.2, 0.25) is 5.88 Å². The monoisotopic (exact) mass is 313 g/mol. The molecular weight excluding hydrogens is 290 g/mol. The third-order valence-electron chi connectivity index (χ3n) is 4.40. The first-order valence-corrected chi connectivity index (χ1v) is 8.22. The summed E-state index contributed by atoms with van der Waals surface area (Å²) in [6, 6.07) is 8.40. The summed E-state index contributed by atoms with van der Waals surface area (Å²) in [5.74, 6) is 1.63. The zero-order chi connectivity index (χ0) is 15.9. The minimum Gasteiger partial charge on any atom is -0.438 e. The molecule has 3 rings (SSSR count). The first-order chi connectivity index (χ1) is 11.3. The summed E-state index contributed by atoms with van der Waals surface area (Å²) >= 11 is 0. The highest BCUT2D eigenvalue weighted by atomic mass is 16.5. The van der Waals surface area contributed by atoms with Gasteiger partial charge in [0.1, 0.15) is 5.75 Å². The second-order valence-corrected chi connectivity index (χ2v) is 6.00. The lowest BCUT2D eigenvalue weighted by Gasteiger charge is -2.31. The summed E-state index contributed by atoms with van der Waals surface area (Å²) < 4.78 is 5.64. The van der Waals surface area contributed by atoms with Crippen LogP contribution in [0.1, 0.15) is 31.2 Å². The number of aromatic nitrogens is 2. The van der Waals surface area contributed by atoms with E-state index in [0.717, 1.165) is 25.1 Å². The molecule has 23 heavy (non-hydrogen) atoms. The molecule has 2 aromatic rings. The highest BCUT2D eigenvalue weighted by molar-refractivity contribution is 5.29. The van der Waals surface area contributed by atoms with E-state index in [-0.39, 0.29) is 6.61 Å². The summed E-state index contributed by atoms with van der Waals surface area (Å²) in [5.41, 5.74) is 1.21. The third-order valence-corrected chi connectivity index (χ3v) is 4.40. The van der Waals surface area contributed by atoms with Crippen molar-refractivity contribution < 1.29 is 9.84 Å². The first kappa shape index (κ1) is 15.9. The number of ether oxygens (including phenoxy) is 1. The van der Waals surface area contributed by atoms with Gasteiger partial charge in [-0.2, -0.15) is 0 Å². The molecule has 0 radical (unpaired) electrons. The summed E-state index contributed by atoms with van der Waals surface area (Å²) in [7, 11) is 0. The van der Waals surface area contributed by atoms with E-state index in [1.807, 2.05) is 12.1 Å². The Morgan fingerprint density at radius 1 is 1.13 bits per heavy atom. The lowest BCUT2D eigenvalue weighted by Crippen LogP contribution is -2.39. The van der Waals surface area contributed by atoms with E-state index in [1.165, 1.54) is 18.4 Å². The Hall–Kier alpha value is -1.98. The van der Waals surface area contributed by atoms with Crippen molar-refractivity contribution in [1.29, 1.82) is 0 Å². The molecule has 2 atom stereocenters. The van der Waals surface area contributed by atoms with Crippen LogP contribution in [-0.2, 0) is 6.54 Å². The maximum absolute atomic E-state index is 9.47. The molecule has 1 saturated carbocycles. The summed E-state index contributed by atoms with van der Waals surface area (Å²) in [5, 5.41) is 13.1. The molecule has 1 heterocycles. The van der Waals surface area contributed by atoms with Gasteiger partial charge < -0.3 is 15.2 Å². The van der Waals surface area contributed by atoms with Crippen molar-refractivity contribution in [3.8, 4) is 11.6 Å². The minimum absolute atomic E-state index is 0.280. The number of nitrogens with one attached hydrogen (secondary N) is 1. The highest BCUT2D eigenvalue weighted by Crippen LogP contribution is 2.24. The van der Waals surface area contributed by atoms with Gasteiger partial charge in [-0.15, -0.1) is 0 Å². The maximum atomic E-state index is 9.47. The molecule has 0 spiro atoms. The fourth-order valence-corrected chi connectivity index (χ4v) is 3.08. The second-order valence-electron chi connectivity index (χ2n) is 6.00. The topological polar surface area (TPSA) is 67.3 Å². The number of aliphatic hydroxyl groups excluding tert-OH is 1. The smallest absolute Gasteiger partial charge is 0.237 e. The van der Waals surface area contributed by atoms with Crippen LogP contribution >= 0.6 is 0 Å². The van der Waals surface area contributed by atoms with Gasteiger partial charge in [-0.05, 0) is 36.5 Å². The van der Waals surface area contributed by atoms with Crippen LogP contribution in [0.25, 0.3) is 0 Å². The largest absolute Gasteiger partial charge is 0.438 e. The molecule has 0 bridgehead atoms. The van der Waals surface area contributed by atoms with Crippen molar-refractivity contribution >= 4 is 0 Å². The highest BCUT2D eigenvalue weighted by Gasteiger charge is 2.23. The number of hydrogen-bond acceptors (Lipinski definition) is 5. The molecule has 0 saturated heterocycles. The Balaban J connectivity index is 1.53. The van der Waals surface area contributed by atoms with E-state index in [9.17, 15) is 5.11 Å². The number of nitrogens with zero attached hydrogens (tertiary/aromatic N) is 2. The Bertz CT molecular complexity index is 589. The van der Waals surface area contributed by atoms with E-state index in [4.69, 9.17) is 4.74 Å². The Kier molecular flexibility index (Phi) is 5.56. The van der Waals surface area contributed by atoms with Crippen molar-refractivity contribution in [2.45, 2.75) is 38.3 Å². The molecule has 122 valence electrons. The van der Waals surface area contributed by atoms with Crippen LogP contribution in [0.15, 0.2) is 42.9 Å². The molecule has 2 N–H and O–H groups in total. The maximum Gasteiger partial charge on any atom is 0.237 e. The van der Waals surface area contributed by atoms with Gasteiger partial charge in [-0.25, -0.2) is 4.98 Å². The van der Waals surface area contributed by atoms with Gasteiger partial charge in [-0.1, -0.05) is 25.0 Å². The van der Waals surface area contributed by atoms with E-state index in [2.05, 4.69) is 27.4 Å². The molecule has 5 heteroatoms. The zero-order valence-electron chi connectivity index (χ0n) is 13.2. The van der Waals surface area contributed by atoms with Gasteiger partial charge >= 0.3 is 0 Å². The Morgan fingerprint density at radius 2 is 1.96 bits per heavy atom. The van der Waals surface area contributed by atoms with E-state index < -0.39 is 0 Å². The predicted molar refractivity (Wildman–Crippen MR) is 88.2 cm³/mol. The quantitative estimate of drug-likeness (QED) is 0.858. The van der Waals surface area contributed by atoms with Crippen LogP contribution in [0, 0.1) is 5.92 Å². The summed E-state index contributed by atoms with van der Waals surface area (Å²) in [6.07, 6.45) is 9.57. The first-order valence-electron chi connectivity index (χ1n) is 8.22. The minimum atomic E-state index is 0.280. The predicted octanol–water partition coefficient (Wildman–Crippen LogP) is 2.91. The fourth-order valence-electron chi connectivity index (χ4n) is 3.08. The van der Waals surface area contributed by atoms with Gasteiger partial charge in [0, 0.05) is 31.6 Å². The molecular formula is C18H23N3O2. The zero-order valence-corrected chi connectivity index (χ0v) is 13.2. The molecule has 1 aromatic carbocycles. The molecule has 1 aromatic heterocycles. The van der Waals surface area contributed by atoms with E-state index in [0.29, 0.717) is 17.8 Å². The molecule has 0 amide bonds. The van der Waals surface area contributed by atoms with Crippen molar-refractivity contribution in [2.75, 3.05) is 6.61 Å².